The van der Waals surface area contributed by atoms with Crippen molar-refractivity contribution in [2.45, 2.75) is 12.7 Å². The monoisotopic (exact) mass is 231 g/mol. The molecule has 82 valence electrons. The Morgan fingerprint density at radius 1 is 1.47 bits per heavy atom. The maximum Gasteiger partial charge on any atom is 0.306 e. The first-order valence-electron chi connectivity index (χ1n) is 4.10. The van der Waals surface area contributed by atoms with Gasteiger partial charge in [0, 0.05) is 11.3 Å². The minimum Gasteiger partial charge on any atom is -0.399 e. The van der Waals surface area contributed by atoms with Gasteiger partial charge in [-0.25, -0.2) is 0 Å². The fraction of sp³-hybridized carbons (Fsp3) is 0.222. The number of benzene rings is 1. The molecule has 0 aliphatic heterocycles. The molecule has 0 spiro atoms. The van der Waals surface area contributed by atoms with Gasteiger partial charge in [-0.15, -0.1) is 3.89 Å². The zero-order chi connectivity index (χ0) is 11.6. The van der Waals surface area contributed by atoms with Crippen LogP contribution in [0.2, 0.25) is 0 Å². The molecule has 0 amide bonds. The van der Waals surface area contributed by atoms with Gasteiger partial charge < -0.3 is 5.73 Å². The maximum absolute atomic E-state index is 12.5. The quantitative estimate of drug-likeness (QED) is 0.481. The first-order valence-corrected chi connectivity index (χ1v) is 5.65. The molecule has 15 heavy (non-hydrogen) atoms. The zero-order valence-electron chi connectivity index (χ0n) is 8.03. The highest BCUT2D eigenvalue weighted by molar-refractivity contribution is 7.85. The summed E-state index contributed by atoms with van der Waals surface area (Å²) in [6.07, 6.45) is 0.556. The van der Waals surface area contributed by atoms with Crippen LogP contribution in [0.15, 0.2) is 12.1 Å². The molecule has 0 saturated heterocycles. The molecule has 0 radical (unpaired) electrons. The van der Waals surface area contributed by atoms with Crippen LogP contribution in [0.3, 0.4) is 0 Å². The van der Waals surface area contributed by atoms with E-state index in [4.69, 9.17) is 5.73 Å². The van der Waals surface area contributed by atoms with E-state index in [0.717, 1.165) is 0 Å². The minimum atomic E-state index is -4.61. The topological polar surface area (TPSA) is 77.2 Å². The SMILES string of the molecule is Cc1c(C=O)cc(N)cc1CS(=O)(=O)F. The molecule has 2 N–H and O–H groups in total. The van der Waals surface area contributed by atoms with Crippen molar-refractivity contribution in [3.63, 3.8) is 0 Å². The molecule has 0 unspecified atom stereocenters. The van der Waals surface area contributed by atoms with Crippen LogP contribution in [0.4, 0.5) is 9.57 Å². The lowest BCUT2D eigenvalue weighted by molar-refractivity contribution is 0.112. The van der Waals surface area contributed by atoms with E-state index in [9.17, 15) is 17.1 Å². The van der Waals surface area contributed by atoms with Crippen molar-refractivity contribution in [3.8, 4) is 0 Å². The summed E-state index contributed by atoms with van der Waals surface area (Å²) in [7, 11) is -4.61. The molecule has 1 aromatic carbocycles. The molecule has 1 aromatic rings. The smallest absolute Gasteiger partial charge is 0.306 e. The molecule has 0 aromatic heterocycles. The summed E-state index contributed by atoms with van der Waals surface area (Å²) >= 11 is 0. The van der Waals surface area contributed by atoms with Gasteiger partial charge in [0.15, 0.2) is 0 Å². The van der Waals surface area contributed by atoms with E-state index < -0.39 is 16.0 Å². The Balaban J connectivity index is 3.30. The second-order valence-corrected chi connectivity index (χ2v) is 4.56. The molecular formula is C9H10FNO3S. The van der Waals surface area contributed by atoms with Crippen LogP contribution in [0.1, 0.15) is 21.5 Å². The van der Waals surface area contributed by atoms with Gasteiger partial charge in [-0.2, -0.15) is 8.42 Å². The molecule has 0 fully saturated rings. The lowest BCUT2D eigenvalue weighted by Gasteiger charge is -2.07. The van der Waals surface area contributed by atoms with E-state index in [1.165, 1.54) is 12.1 Å². The van der Waals surface area contributed by atoms with E-state index >= 15 is 0 Å². The molecule has 0 bridgehead atoms. The Hall–Kier alpha value is -1.43. The highest BCUT2D eigenvalue weighted by Crippen LogP contribution is 2.20. The number of hydrogen-bond acceptors (Lipinski definition) is 4. The first kappa shape index (κ1) is 11.6. The standard InChI is InChI=1S/C9H10FNO3S/c1-6-7(4-12)2-9(11)3-8(6)5-15(10,13)14/h2-4H,5,11H2,1H3. The van der Waals surface area contributed by atoms with Crippen molar-refractivity contribution in [2.75, 3.05) is 5.73 Å². The molecule has 0 saturated carbocycles. The van der Waals surface area contributed by atoms with Gasteiger partial charge in [-0.05, 0) is 30.2 Å². The Bertz CT molecular complexity index is 496. The van der Waals surface area contributed by atoms with Crippen molar-refractivity contribution < 1.29 is 17.1 Å². The predicted molar refractivity (Wildman–Crippen MR) is 54.7 cm³/mol. The Kier molecular flexibility index (Phi) is 3.09. The molecule has 0 atom stereocenters. The lowest BCUT2D eigenvalue weighted by atomic mass is 10.0. The fourth-order valence-electron chi connectivity index (χ4n) is 1.28. The second kappa shape index (κ2) is 3.98. The van der Waals surface area contributed by atoms with Gasteiger partial charge in [-0.1, -0.05) is 0 Å². The van der Waals surface area contributed by atoms with Gasteiger partial charge in [0.2, 0.25) is 0 Å². The summed E-state index contributed by atoms with van der Waals surface area (Å²) in [5.74, 6) is -0.759. The van der Waals surface area contributed by atoms with Gasteiger partial charge in [0.05, 0.1) is 0 Å². The summed E-state index contributed by atoms with van der Waals surface area (Å²) in [5.41, 5.74) is 6.59. The number of carbonyl (C=O) groups excluding carboxylic acids is 1. The fourth-order valence-corrected chi connectivity index (χ4v) is 1.95. The van der Waals surface area contributed by atoms with Crippen LogP contribution in [0, 0.1) is 6.92 Å². The van der Waals surface area contributed by atoms with Gasteiger partial charge in [0.25, 0.3) is 0 Å². The third-order valence-electron chi connectivity index (χ3n) is 2.03. The van der Waals surface area contributed by atoms with Gasteiger partial charge in [-0.3, -0.25) is 4.79 Å². The van der Waals surface area contributed by atoms with Crippen LogP contribution in [-0.4, -0.2) is 14.7 Å². The Morgan fingerprint density at radius 2 is 2.07 bits per heavy atom. The van der Waals surface area contributed by atoms with Crippen molar-refractivity contribution >= 4 is 22.2 Å². The summed E-state index contributed by atoms with van der Waals surface area (Å²) in [4.78, 5) is 10.6. The second-order valence-electron chi connectivity index (χ2n) is 3.20. The molecule has 1 rings (SSSR count). The first-order chi connectivity index (χ1) is 6.83. The van der Waals surface area contributed by atoms with Crippen LogP contribution in [-0.2, 0) is 16.0 Å². The summed E-state index contributed by atoms with van der Waals surface area (Å²) in [5, 5.41) is 0. The highest BCUT2D eigenvalue weighted by Gasteiger charge is 2.13. The Labute approximate surface area is 87.1 Å². The zero-order valence-corrected chi connectivity index (χ0v) is 8.84. The predicted octanol–water partition coefficient (Wildman–Crippen LogP) is 1.19. The molecule has 4 nitrogen and oxygen atoms in total. The third kappa shape index (κ3) is 3.02. The van der Waals surface area contributed by atoms with Crippen LogP contribution < -0.4 is 5.73 Å². The van der Waals surface area contributed by atoms with E-state index in [1.807, 2.05) is 0 Å². The van der Waals surface area contributed by atoms with Crippen molar-refractivity contribution in [3.05, 3.63) is 28.8 Å². The molecule has 0 aliphatic carbocycles. The summed E-state index contributed by atoms with van der Waals surface area (Å²) < 4.78 is 33.4. The number of nitrogen functional groups attached to an aromatic ring is 1. The molecule has 0 aliphatic rings. The Morgan fingerprint density at radius 3 is 2.53 bits per heavy atom. The number of carbonyl (C=O) groups is 1. The van der Waals surface area contributed by atoms with Gasteiger partial charge >= 0.3 is 10.2 Å². The summed E-state index contributed by atoms with van der Waals surface area (Å²) in [6.45, 7) is 1.55. The van der Waals surface area contributed by atoms with E-state index in [1.54, 1.807) is 6.92 Å². The minimum absolute atomic E-state index is 0.208. The molecule has 6 heteroatoms. The van der Waals surface area contributed by atoms with Crippen molar-refractivity contribution in [2.24, 2.45) is 0 Å². The number of halogens is 1. The number of anilines is 1. The average molecular weight is 231 g/mol. The maximum atomic E-state index is 12.5. The molecular weight excluding hydrogens is 221 g/mol. The van der Waals surface area contributed by atoms with Crippen molar-refractivity contribution in [1.29, 1.82) is 0 Å². The van der Waals surface area contributed by atoms with Crippen LogP contribution in [0.25, 0.3) is 0 Å². The van der Waals surface area contributed by atoms with E-state index in [0.29, 0.717) is 11.8 Å². The van der Waals surface area contributed by atoms with Crippen LogP contribution in [0.5, 0.6) is 0 Å². The number of rotatable bonds is 3. The summed E-state index contributed by atoms with van der Waals surface area (Å²) in [6, 6.07) is 2.76. The third-order valence-corrected chi connectivity index (χ3v) is 2.69. The van der Waals surface area contributed by atoms with Gasteiger partial charge in [0.1, 0.15) is 12.0 Å². The van der Waals surface area contributed by atoms with E-state index in [-0.39, 0.29) is 16.8 Å². The highest BCUT2D eigenvalue weighted by atomic mass is 32.3. The number of hydrogen-bond donors (Lipinski definition) is 1. The number of aldehydes is 1. The lowest BCUT2D eigenvalue weighted by Crippen LogP contribution is -2.03. The van der Waals surface area contributed by atoms with E-state index in [2.05, 4.69) is 0 Å². The molecule has 0 heterocycles. The largest absolute Gasteiger partial charge is 0.399 e. The normalized spacial score (nSPS) is 11.3. The van der Waals surface area contributed by atoms with Crippen molar-refractivity contribution in [1.82, 2.24) is 0 Å². The number of nitrogens with two attached hydrogens (primary N) is 1. The average Bonchev–Trinajstić information content (AvgIpc) is 2.08. The van der Waals surface area contributed by atoms with Crippen LogP contribution >= 0.6 is 0 Å².